The fourth-order valence-corrected chi connectivity index (χ4v) is 7.51. The number of benzene rings is 2. The fourth-order valence-electron chi connectivity index (χ4n) is 6.30. The zero-order chi connectivity index (χ0) is 30.4. The van der Waals surface area contributed by atoms with E-state index in [1.165, 1.54) is 5.56 Å². The van der Waals surface area contributed by atoms with Gasteiger partial charge in [-0.15, -0.1) is 0 Å². The van der Waals surface area contributed by atoms with Crippen molar-refractivity contribution in [3.63, 3.8) is 0 Å². The van der Waals surface area contributed by atoms with Crippen molar-refractivity contribution in [3.05, 3.63) is 59.9 Å². The number of carbonyl (C=O) groups excluding carboxylic acids is 1. The number of nitrogens with zero attached hydrogens (tertiary/aromatic N) is 3. The van der Waals surface area contributed by atoms with Gasteiger partial charge in [0, 0.05) is 41.7 Å². The summed E-state index contributed by atoms with van der Waals surface area (Å²) < 4.78 is 30.5. The molecule has 2 heterocycles. The number of hydrogen-bond acceptors (Lipinski definition) is 7. The predicted molar refractivity (Wildman–Crippen MR) is 167 cm³/mol. The average molecular weight is 601 g/mol. The van der Waals surface area contributed by atoms with E-state index in [1.807, 2.05) is 36.4 Å². The van der Waals surface area contributed by atoms with Crippen LogP contribution in [-0.4, -0.2) is 49.4 Å². The van der Waals surface area contributed by atoms with Crippen LogP contribution < -0.4 is 10.2 Å². The van der Waals surface area contributed by atoms with Gasteiger partial charge in [0.2, 0.25) is 11.8 Å². The molecule has 3 aromatic rings. The maximum atomic E-state index is 13.5. The van der Waals surface area contributed by atoms with Crippen LogP contribution in [0.2, 0.25) is 0 Å². The van der Waals surface area contributed by atoms with Crippen molar-refractivity contribution in [3.8, 4) is 28.8 Å². The van der Waals surface area contributed by atoms with Crippen molar-refractivity contribution in [2.45, 2.75) is 76.2 Å². The van der Waals surface area contributed by atoms with Gasteiger partial charge in [0.1, 0.15) is 17.0 Å². The van der Waals surface area contributed by atoms with Crippen LogP contribution in [0.3, 0.4) is 0 Å². The lowest BCUT2D eigenvalue weighted by Gasteiger charge is -2.30. The topological polar surface area (TPSA) is 116 Å². The van der Waals surface area contributed by atoms with E-state index in [9.17, 15) is 18.5 Å². The Labute approximate surface area is 254 Å². The molecule has 1 aliphatic heterocycles. The van der Waals surface area contributed by atoms with Gasteiger partial charge in [0.25, 0.3) is 0 Å². The number of nitriles is 1. The molecule has 1 aromatic heterocycles. The van der Waals surface area contributed by atoms with Crippen LogP contribution in [0.15, 0.2) is 52.9 Å². The summed E-state index contributed by atoms with van der Waals surface area (Å²) in [5.74, 6) is 1.05. The molecule has 8 nitrogen and oxygen atoms in total. The second-order valence-corrected chi connectivity index (χ2v) is 15.7. The Balaban J connectivity index is 1.35. The molecule has 0 bridgehead atoms. The quantitative estimate of drug-likeness (QED) is 0.370. The second kappa shape index (κ2) is 11.1. The van der Waals surface area contributed by atoms with Crippen molar-refractivity contribution in [2.75, 3.05) is 29.5 Å². The number of carbonyl (C=O) groups is 1. The van der Waals surface area contributed by atoms with Gasteiger partial charge in [-0.1, -0.05) is 57.9 Å². The third-order valence-corrected chi connectivity index (χ3v) is 10.9. The van der Waals surface area contributed by atoms with Gasteiger partial charge < -0.3 is 14.6 Å². The molecule has 226 valence electrons. The summed E-state index contributed by atoms with van der Waals surface area (Å²) in [4.78, 5) is 20.7. The van der Waals surface area contributed by atoms with Gasteiger partial charge in [-0.3, -0.25) is 4.79 Å². The normalized spacial score (nSPS) is 22.9. The predicted octanol–water partition coefficient (Wildman–Crippen LogP) is 5.99. The Morgan fingerprint density at radius 2 is 1.63 bits per heavy atom. The zero-order valence-electron chi connectivity index (χ0n) is 25.2. The summed E-state index contributed by atoms with van der Waals surface area (Å²) in [6.07, 6.45) is 4.89. The Morgan fingerprint density at radius 1 is 1.00 bits per heavy atom. The molecule has 0 unspecified atom stereocenters. The highest BCUT2D eigenvalue weighted by Gasteiger charge is 2.47. The van der Waals surface area contributed by atoms with Gasteiger partial charge in [0.15, 0.2) is 9.84 Å². The van der Waals surface area contributed by atoms with Crippen LogP contribution in [0.1, 0.15) is 76.5 Å². The van der Waals surface area contributed by atoms with Crippen molar-refractivity contribution in [1.82, 2.24) is 10.3 Å². The van der Waals surface area contributed by atoms with E-state index < -0.39 is 15.4 Å². The molecule has 1 saturated heterocycles. The van der Waals surface area contributed by atoms with E-state index in [4.69, 9.17) is 9.40 Å². The Hall–Kier alpha value is -3.64. The van der Waals surface area contributed by atoms with Crippen LogP contribution >= 0.6 is 0 Å². The van der Waals surface area contributed by atoms with Gasteiger partial charge >= 0.3 is 0 Å². The van der Waals surface area contributed by atoms with Crippen LogP contribution in [0.5, 0.6) is 0 Å². The molecule has 6 rings (SSSR count). The summed E-state index contributed by atoms with van der Waals surface area (Å²) in [6, 6.07) is 18.6. The van der Waals surface area contributed by atoms with E-state index in [1.54, 1.807) is 0 Å². The Morgan fingerprint density at radius 3 is 2.23 bits per heavy atom. The van der Waals surface area contributed by atoms with Crippen molar-refractivity contribution in [2.24, 2.45) is 5.92 Å². The Kier molecular flexibility index (Phi) is 7.62. The fraction of sp³-hybridized carbons (Fsp3) is 0.500. The first-order chi connectivity index (χ1) is 20.5. The van der Waals surface area contributed by atoms with Crippen molar-refractivity contribution in [1.29, 1.82) is 5.26 Å². The lowest BCUT2D eigenvalue weighted by molar-refractivity contribution is -0.127. The summed E-state index contributed by atoms with van der Waals surface area (Å²) in [5, 5.41) is 12.6. The highest BCUT2D eigenvalue weighted by Crippen LogP contribution is 2.45. The minimum Gasteiger partial charge on any atom is -0.440 e. The van der Waals surface area contributed by atoms with Crippen LogP contribution in [0.25, 0.3) is 22.7 Å². The smallest absolute Gasteiger partial charge is 0.226 e. The van der Waals surface area contributed by atoms with Gasteiger partial charge in [-0.05, 0) is 60.9 Å². The first kappa shape index (κ1) is 29.4. The van der Waals surface area contributed by atoms with Crippen LogP contribution in [0.4, 0.5) is 5.69 Å². The number of aromatic nitrogens is 1. The third kappa shape index (κ3) is 6.21. The molecular formula is C34H40N4O4S. The molecule has 3 fully saturated rings. The summed E-state index contributed by atoms with van der Waals surface area (Å²) in [5.41, 5.74) is 4.01. The van der Waals surface area contributed by atoms with E-state index in [-0.39, 0.29) is 34.7 Å². The molecule has 43 heavy (non-hydrogen) atoms. The number of oxazole rings is 1. The highest BCUT2D eigenvalue weighted by atomic mass is 32.2. The van der Waals surface area contributed by atoms with E-state index in [0.717, 1.165) is 48.2 Å². The maximum Gasteiger partial charge on any atom is 0.226 e. The second-order valence-electron chi connectivity index (χ2n) is 13.4. The number of anilines is 1. The molecule has 2 atom stereocenters. The monoisotopic (exact) mass is 600 g/mol. The molecule has 1 N–H and O–H groups in total. The van der Waals surface area contributed by atoms with Crippen molar-refractivity contribution < 1.29 is 17.6 Å². The van der Waals surface area contributed by atoms with Crippen LogP contribution in [0, 0.1) is 17.2 Å². The number of amides is 1. The molecule has 3 aliphatic rings. The number of rotatable bonds is 6. The molecule has 2 saturated carbocycles. The lowest BCUT2D eigenvalue weighted by atomic mass is 9.76. The third-order valence-electron chi connectivity index (χ3n) is 9.27. The first-order valence-electron chi connectivity index (χ1n) is 15.4. The summed E-state index contributed by atoms with van der Waals surface area (Å²) in [6.45, 7) is 7.51. The van der Waals surface area contributed by atoms with Gasteiger partial charge in [-0.25, -0.2) is 13.4 Å². The summed E-state index contributed by atoms with van der Waals surface area (Å²) >= 11 is 0. The molecular weight excluding hydrogens is 560 g/mol. The number of hydrogen-bond donors (Lipinski definition) is 1. The Bertz CT molecular complexity index is 1630. The number of nitrogens with one attached hydrogen (secondary N) is 1. The molecule has 0 radical (unpaired) electrons. The molecule has 0 spiro atoms. The van der Waals surface area contributed by atoms with Crippen LogP contribution in [-0.2, 0) is 20.0 Å². The maximum absolute atomic E-state index is 13.5. The average Bonchev–Trinajstić information content (AvgIpc) is 3.63. The van der Waals surface area contributed by atoms with Gasteiger partial charge in [-0.2, -0.15) is 5.26 Å². The van der Waals surface area contributed by atoms with Gasteiger partial charge in [0.05, 0.1) is 17.6 Å². The minimum absolute atomic E-state index is 0.0246. The van der Waals surface area contributed by atoms with E-state index in [2.05, 4.69) is 49.2 Å². The van der Waals surface area contributed by atoms with E-state index >= 15 is 0 Å². The molecule has 2 aliphatic carbocycles. The summed E-state index contributed by atoms with van der Waals surface area (Å²) in [7, 11) is -2.96. The molecule has 9 heteroatoms. The molecule has 1 amide bonds. The largest absolute Gasteiger partial charge is 0.440 e. The number of sulfone groups is 1. The standard InChI is InChI=1S/C34H40N4O4S/c1-33(2,3)25-12-8-24(9-13-25)32-36-29(23-10-14-26(15-11-23)38-18-20-43(40,41)21-19-38)30(42-32)27-6-4-5-7-28(27)31(39)37-34(22-35)16-17-34/h8-15,27-28H,4-7,16-21H2,1-3H3,(H,37,39)/t27-,28-/m1/s1. The molecule has 2 aromatic carbocycles. The highest BCUT2D eigenvalue weighted by molar-refractivity contribution is 7.91. The SMILES string of the molecule is CC(C)(C)c1ccc(-c2nc(-c3ccc(N4CCS(=O)(=O)CC4)cc3)c([C@@H]3CCCC[C@H]3C(=O)NC3(C#N)CC3)o2)cc1. The minimum atomic E-state index is -2.96. The lowest BCUT2D eigenvalue weighted by Crippen LogP contribution is -2.42. The zero-order valence-corrected chi connectivity index (χ0v) is 26.0. The first-order valence-corrected chi connectivity index (χ1v) is 17.2. The van der Waals surface area contributed by atoms with Crippen molar-refractivity contribution >= 4 is 21.4 Å². The van der Waals surface area contributed by atoms with E-state index in [0.29, 0.717) is 37.6 Å².